The van der Waals surface area contributed by atoms with E-state index in [-0.39, 0.29) is 12.6 Å². The molecule has 2 N–H and O–H groups in total. The first-order valence-corrected chi connectivity index (χ1v) is 7.00. The van der Waals surface area contributed by atoms with E-state index < -0.39 is 11.9 Å². The van der Waals surface area contributed by atoms with Crippen molar-refractivity contribution in [3.05, 3.63) is 23.8 Å². The quantitative estimate of drug-likeness (QED) is 0.891. The average Bonchev–Trinajstić information content (AvgIpc) is 2.97. The van der Waals surface area contributed by atoms with Gasteiger partial charge in [-0.2, -0.15) is 0 Å². The van der Waals surface area contributed by atoms with E-state index in [1.54, 1.807) is 13.2 Å². The van der Waals surface area contributed by atoms with E-state index in [2.05, 4.69) is 5.32 Å². The highest BCUT2D eigenvalue weighted by molar-refractivity contribution is 5.90. The van der Waals surface area contributed by atoms with Crippen LogP contribution < -0.4 is 10.1 Å². The zero-order valence-electron chi connectivity index (χ0n) is 12.3. The second-order valence-corrected chi connectivity index (χ2v) is 5.08. The van der Waals surface area contributed by atoms with Gasteiger partial charge >= 0.3 is 12.0 Å². The van der Waals surface area contributed by atoms with E-state index in [0.29, 0.717) is 18.7 Å². The molecule has 21 heavy (non-hydrogen) atoms. The van der Waals surface area contributed by atoms with E-state index in [9.17, 15) is 9.59 Å². The molecular weight excluding hydrogens is 272 g/mol. The Kier molecular flexibility index (Phi) is 4.67. The Labute approximate surface area is 123 Å². The summed E-state index contributed by atoms with van der Waals surface area (Å²) in [6.07, 6.45) is 1.35. The molecule has 1 atom stereocenters. The van der Waals surface area contributed by atoms with Crippen LogP contribution in [0.5, 0.6) is 5.75 Å². The number of carbonyl (C=O) groups excluding carboxylic acids is 1. The molecule has 0 spiro atoms. The maximum absolute atomic E-state index is 12.1. The van der Waals surface area contributed by atoms with E-state index >= 15 is 0 Å². The molecule has 2 amide bonds. The third-order valence-electron chi connectivity index (χ3n) is 3.74. The number of nitrogens with one attached hydrogen (secondary N) is 1. The zero-order valence-corrected chi connectivity index (χ0v) is 12.3. The van der Waals surface area contributed by atoms with Crippen molar-refractivity contribution in [1.29, 1.82) is 0 Å². The van der Waals surface area contributed by atoms with Crippen molar-refractivity contribution in [2.24, 2.45) is 5.92 Å². The van der Waals surface area contributed by atoms with Crippen molar-refractivity contribution < 1.29 is 19.4 Å². The molecule has 2 rings (SSSR count). The summed E-state index contributed by atoms with van der Waals surface area (Å²) in [6, 6.07) is 5.24. The maximum Gasteiger partial charge on any atom is 0.321 e. The standard InChI is InChI=1S/C15H20N2O4/c1-3-10-4-5-12(8-13(10)21-2)16-15(20)17-7-6-11(9-17)14(18)19/h4-5,8,11H,3,6-7,9H2,1-2H3,(H,16,20)(H,18,19). The van der Waals surface area contributed by atoms with Crippen molar-refractivity contribution in [1.82, 2.24) is 4.90 Å². The third-order valence-corrected chi connectivity index (χ3v) is 3.74. The van der Waals surface area contributed by atoms with Gasteiger partial charge in [0.1, 0.15) is 5.75 Å². The minimum atomic E-state index is -0.848. The van der Waals surface area contributed by atoms with Gasteiger partial charge in [-0.05, 0) is 24.5 Å². The van der Waals surface area contributed by atoms with Gasteiger partial charge in [-0.25, -0.2) is 4.79 Å². The smallest absolute Gasteiger partial charge is 0.321 e. The van der Waals surface area contributed by atoms with Crippen LogP contribution in [0.1, 0.15) is 18.9 Å². The lowest BCUT2D eigenvalue weighted by Gasteiger charge is -2.17. The van der Waals surface area contributed by atoms with Crippen LogP contribution in [0.3, 0.4) is 0 Å². The molecule has 0 aromatic heterocycles. The van der Waals surface area contributed by atoms with Gasteiger partial charge in [-0.1, -0.05) is 13.0 Å². The molecule has 0 radical (unpaired) electrons. The second-order valence-electron chi connectivity index (χ2n) is 5.08. The number of likely N-dealkylation sites (tertiary alicyclic amines) is 1. The van der Waals surface area contributed by atoms with Gasteiger partial charge < -0.3 is 20.1 Å². The number of methoxy groups -OCH3 is 1. The predicted octanol–water partition coefficient (Wildman–Crippen LogP) is 2.20. The molecule has 114 valence electrons. The number of hydrogen-bond donors (Lipinski definition) is 2. The number of carbonyl (C=O) groups is 2. The van der Waals surface area contributed by atoms with E-state index in [0.717, 1.165) is 17.7 Å². The zero-order chi connectivity index (χ0) is 15.4. The molecule has 1 fully saturated rings. The largest absolute Gasteiger partial charge is 0.496 e. The monoisotopic (exact) mass is 292 g/mol. The average molecular weight is 292 g/mol. The number of rotatable bonds is 4. The Morgan fingerprint density at radius 2 is 2.24 bits per heavy atom. The van der Waals surface area contributed by atoms with Crippen LogP contribution in [0, 0.1) is 5.92 Å². The van der Waals surface area contributed by atoms with E-state index in [1.807, 2.05) is 19.1 Å². The number of carboxylic acid groups (broad SMARTS) is 1. The van der Waals surface area contributed by atoms with Crippen LogP contribution in [0.15, 0.2) is 18.2 Å². The first kappa shape index (κ1) is 15.2. The highest BCUT2D eigenvalue weighted by atomic mass is 16.5. The Balaban J connectivity index is 2.02. The summed E-state index contributed by atoms with van der Waals surface area (Å²) < 4.78 is 5.29. The molecule has 0 aliphatic carbocycles. The fourth-order valence-corrected chi connectivity index (χ4v) is 2.46. The number of carboxylic acids is 1. The molecule has 1 aromatic rings. The van der Waals surface area contributed by atoms with Gasteiger partial charge in [-0.15, -0.1) is 0 Å². The van der Waals surface area contributed by atoms with Gasteiger partial charge in [0.05, 0.1) is 13.0 Å². The van der Waals surface area contributed by atoms with Gasteiger partial charge in [-0.3, -0.25) is 4.79 Å². The number of aryl methyl sites for hydroxylation is 1. The fraction of sp³-hybridized carbons (Fsp3) is 0.467. The van der Waals surface area contributed by atoms with Crippen molar-refractivity contribution >= 4 is 17.7 Å². The fourth-order valence-electron chi connectivity index (χ4n) is 2.46. The molecular formula is C15H20N2O4. The lowest BCUT2D eigenvalue weighted by Crippen LogP contribution is -2.33. The number of nitrogens with zero attached hydrogens (tertiary/aromatic N) is 1. The number of ether oxygens (including phenoxy) is 1. The summed E-state index contributed by atoms with van der Waals surface area (Å²) in [5.74, 6) is -0.577. The highest BCUT2D eigenvalue weighted by Gasteiger charge is 2.30. The lowest BCUT2D eigenvalue weighted by atomic mass is 10.1. The first-order chi connectivity index (χ1) is 10.0. The topological polar surface area (TPSA) is 78.9 Å². The highest BCUT2D eigenvalue weighted by Crippen LogP contribution is 2.24. The third kappa shape index (κ3) is 3.45. The Bertz CT molecular complexity index is 544. The minimum Gasteiger partial charge on any atom is -0.496 e. The molecule has 1 aliphatic rings. The SMILES string of the molecule is CCc1ccc(NC(=O)N2CCC(C(=O)O)C2)cc1OC. The summed E-state index contributed by atoms with van der Waals surface area (Å²) in [7, 11) is 1.60. The number of urea groups is 1. The van der Waals surface area contributed by atoms with Crippen molar-refractivity contribution in [2.45, 2.75) is 19.8 Å². The molecule has 6 heteroatoms. The molecule has 1 unspecified atom stereocenters. The van der Waals surface area contributed by atoms with Gasteiger partial charge in [0, 0.05) is 24.8 Å². The Hall–Kier alpha value is -2.24. The normalized spacial score (nSPS) is 17.6. The number of hydrogen-bond acceptors (Lipinski definition) is 3. The van der Waals surface area contributed by atoms with E-state index in [4.69, 9.17) is 9.84 Å². The van der Waals surface area contributed by atoms with Crippen LogP contribution in [0.25, 0.3) is 0 Å². The Morgan fingerprint density at radius 3 is 2.81 bits per heavy atom. The number of amides is 2. The van der Waals surface area contributed by atoms with Crippen molar-refractivity contribution in [3.63, 3.8) is 0 Å². The number of anilines is 1. The van der Waals surface area contributed by atoms with Crippen molar-refractivity contribution in [3.8, 4) is 5.75 Å². The molecule has 1 aromatic carbocycles. The summed E-state index contributed by atoms with van der Waals surface area (Å²) in [5.41, 5.74) is 1.72. The van der Waals surface area contributed by atoms with Crippen LogP contribution in [0.2, 0.25) is 0 Å². The molecule has 1 saturated heterocycles. The maximum atomic E-state index is 12.1. The molecule has 0 bridgehead atoms. The lowest BCUT2D eigenvalue weighted by molar-refractivity contribution is -0.141. The Morgan fingerprint density at radius 1 is 1.48 bits per heavy atom. The van der Waals surface area contributed by atoms with Gasteiger partial charge in [0.15, 0.2) is 0 Å². The first-order valence-electron chi connectivity index (χ1n) is 7.00. The molecule has 0 saturated carbocycles. The van der Waals surface area contributed by atoms with E-state index in [1.165, 1.54) is 4.90 Å². The number of benzene rings is 1. The van der Waals surface area contributed by atoms with Crippen LogP contribution >= 0.6 is 0 Å². The summed E-state index contributed by atoms with van der Waals surface area (Å²) >= 11 is 0. The second kappa shape index (κ2) is 6.47. The van der Waals surface area contributed by atoms with Crippen LogP contribution in [-0.2, 0) is 11.2 Å². The van der Waals surface area contributed by atoms with Gasteiger partial charge in [0.25, 0.3) is 0 Å². The minimum absolute atomic E-state index is 0.255. The van der Waals surface area contributed by atoms with Crippen LogP contribution in [-0.4, -0.2) is 42.2 Å². The summed E-state index contributed by atoms with van der Waals surface area (Å²) in [6.45, 7) is 2.75. The van der Waals surface area contributed by atoms with Crippen molar-refractivity contribution in [2.75, 3.05) is 25.5 Å². The molecule has 1 aliphatic heterocycles. The van der Waals surface area contributed by atoms with Crippen LogP contribution in [0.4, 0.5) is 10.5 Å². The molecule has 1 heterocycles. The predicted molar refractivity (Wildman–Crippen MR) is 78.7 cm³/mol. The summed E-state index contributed by atoms with van der Waals surface area (Å²) in [5, 5.41) is 11.7. The van der Waals surface area contributed by atoms with Gasteiger partial charge in [0.2, 0.25) is 0 Å². The molecule has 6 nitrogen and oxygen atoms in total. The summed E-state index contributed by atoms with van der Waals surface area (Å²) in [4.78, 5) is 24.6. The number of aliphatic carboxylic acids is 1.